The Hall–Kier alpha value is -2.36. The predicted molar refractivity (Wildman–Crippen MR) is 117 cm³/mol. The van der Waals surface area contributed by atoms with Crippen LogP contribution in [0, 0.1) is 13.8 Å². The maximum atomic E-state index is 13.4. The van der Waals surface area contributed by atoms with Gasteiger partial charge in [-0.15, -0.1) is 11.3 Å². The molecule has 1 amide bonds. The number of ether oxygens (including phenoxy) is 2. The number of amides is 1. The molecule has 0 aliphatic rings. The summed E-state index contributed by atoms with van der Waals surface area (Å²) in [6.45, 7) is 4.81. The van der Waals surface area contributed by atoms with Gasteiger partial charge in [-0.1, -0.05) is 11.8 Å². The summed E-state index contributed by atoms with van der Waals surface area (Å²) in [7, 11) is 3.17. The van der Waals surface area contributed by atoms with Gasteiger partial charge in [0.25, 0.3) is 5.56 Å². The molecule has 0 atom stereocenters. The van der Waals surface area contributed by atoms with E-state index in [4.69, 9.17) is 14.5 Å². The lowest BCUT2D eigenvalue weighted by Gasteiger charge is -2.13. The van der Waals surface area contributed by atoms with E-state index in [1.54, 1.807) is 30.9 Å². The number of nitrogens with zero attached hydrogens (tertiary/aromatic N) is 2. The van der Waals surface area contributed by atoms with Gasteiger partial charge in [0.05, 0.1) is 30.5 Å². The van der Waals surface area contributed by atoms with Gasteiger partial charge in [-0.3, -0.25) is 14.2 Å². The number of fused-ring (bicyclic) bond motifs is 1. The van der Waals surface area contributed by atoms with Crippen LogP contribution in [-0.2, 0) is 9.53 Å². The van der Waals surface area contributed by atoms with Gasteiger partial charge in [0.2, 0.25) is 5.91 Å². The molecular weight excluding hydrogens is 410 g/mol. The fourth-order valence-electron chi connectivity index (χ4n) is 2.80. The number of carbonyl (C=O) groups is 1. The summed E-state index contributed by atoms with van der Waals surface area (Å²) in [5.74, 6) is 0.715. The zero-order chi connectivity index (χ0) is 21.0. The van der Waals surface area contributed by atoms with Crippen LogP contribution in [0.2, 0.25) is 0 Å². The van der Waals surface area contributed by atoms with Crippen molar-refractivity contribution in [1.82, 2.24) is 14.9 Å². The van der Waals surface area contributed by atoms with E-state index in [0.717, 1.165) is 10.4 Å². The summed E-state index contributed by atoms with van der Waals surface area (Å²) in [6.07, 6.45) is 0. The first-order valence-electron chi connectivity index (χ1n) is 9.02. The van der Waals surface area contributed by atoms with Gasteiger partial charge in [-0.25, -0.2) is 4.98 Å². The molecule has 3 rings (SSSR count). The molecule has 0 unspecified atom stereocenters. The standard InChI is InChI=1S/C20H23N3O4S2/c1-12-13(2)29-18-17(12)19(25)23(14-5-7-15(27-4)8-6-14)20(22-18)28-11-16(24)21-9-10-26-3/h5-8H,9-11H2,1-4H3,(H,21,24). The summed E-state index contributed by atoms with van der Waals surface area (Å²) in [5, 5.41) is 3.88. The highest BCUT2D eigenvalue weighted by molar-refractivity contribution is 7.99. The van der Waals surface area contributed by atoms with E-state index in [0.29, 0.717) is 40.0 Å². The van der Waals surface area contributed by atoms with Gasteiger partial charge >= 0.3 is 0 Å². The third-order valence-corrected chi connectivity index (χ3v) is 6.50. The highest BCUT2D eigenvalue weighted by Gasteiger charge is 2.18. The SMILES string of the molecule is COCCNC(=O)CSc1nc2sc(C)c(C)c2c(=O)n1-c1ccc(OC)cc1. The molecule has 0 aliphatic carbocycles. The molecule has 2 heterocycles. The Labute approximate surface area is 177 Å². The number of methoxy groups -OCH3 is 2. The van der Waals surface area contributed by atoms with E-state index in [9.17, 15) is 9.59 Å². The fraction of sp³-hybridized carbons (Fsp3) is 0.350. The van der Waals surface area contributed by atoms with Crippen molar-refractivity contribution >= 4 is 39.2 Å². The van der Waals surface area contributed by atoms with Crippen molar-refractivity contribution in [1.29, 1.82) is 0 Å². The lowest BCUT2D eigenvalue weighted by atomic mass is 10.2. The quantitative estimate of drug-likeness (QED) is 0.334. The molecule has 2 aromatic heterocycles. The van der Waals surface area contributed by atoms with Crippen LogP contribution in [0.4, 0.5) is 0 Å². The Morgan fingerprint density at radius 3 is 2.62 bits per heavy atom. The predicted octanol–water partition coefficient (Wildman–Crippen LogP) is 2.93. The van der Waals surface area contributed by atoms with Crippen LogP contribution in [0.1, 0.15) is 10.4 Å². The third-order valence-electron chi connectivity index (χ3n) is 4.46. The lowest BCUT2D eigenvalue weighted by Crippen LogP contribution is -2.29. The molecule has 1 N–H and O–H groups in total. The maximum absolute atomic E-state index is 13.4. The summed E-state index contributed by atoms with van der Waals surface area (Å²) < 4.78 is 11.7. The number of rotatable bonds is 8. The molecule has 0 saturated heterocycles. The van der Waals surface area contributed by atoms with Crippen LogP contribution in [-0.4, -0.2) is 48.6 Å². The maximum Gasteiger partial charge on any atom is 0.267 e. The summed E-state index contributed by atoms with van der Waals surface area (Å²) >= 11 is 2.73. The average Bonchev–Trinajstić information content (AvgIpc) is 3.00. The number of benzene rings is 1. The summed E-state index contributed by atoms with van der Waals surface area (Å²) in [4.78, 5) is 31.9. The number of thioether (sulfide) groups is 1. The molecule has 0 saturated carbocycles. The third kappa shape index (κ3) is 4.63. The second-order valence-corrected chi connectivity index (χ2v) is 8.47. The number of carbonyl (C=O) groups excluding carboxylic acids is 1. The highest BCUT2D eigenvalue weighted by Crippen LogP contribution is 2.29. The zero-order valence-corrected chi connectivity index (χ0v) is 18.4. The number of aromatic nitrogens is 2. The molecule has 1 aromatic carbocycles. The number of nitrogens with one attached hydrogen (secondary N) is 1. The number of hydrogen-bond donors (Lipinski definition) is 1. The second kappa shape index (κ2) is 9.43. The minimum absolute atomic E-state index is 0.135. The summed E-state index contributed by atoms with van der Waals surface area (Å²) in [5.41, 5.74) is 1.48. The molecular formula is C20H23N3O4S2. The van der Waals surface area contributed by atoms with Crippen LogP contribution >= 0.6 is 23.1 Å². The number of hydrogen-bond acceptors (Lipinski definition) is 7. The number of thiophene rings is 1. The molecule has 154 valence electrons. The zero-order valence-electron chi connectivity index (χ0n) is 16.8. The van der Waals surface area contributed by atoms with E-state index in [-0.39, 0.29) is 17.2 Å². The molecule has 0 fully saturated rings. The molecule has 9 heteroatoms. The van der Waals surface area contributed by atoms with Crippen molar-refractivity contribution in [2.75, 3.05) is 33.1 Å². The van der Waals surface area contributed by atoms with E-state index in [1.807, 2.05) is 26.0 Å². The molecule has 0 bridgehead atoms. The van der Waals surface area contributed by atoms with Gasteiger partial charge in [0, 0.05) is 18.5 Å². The van der Waals surface area contributed by atoms with Gasteiger partial charge in [-0.2, -0.15) is 0 Å². The van der Waals surface area contributed by atoms with Crippen molar-refractivity contribution in [2.24, 2.45) is 0 Å². The van der Waals surface area contributed by atoms with Gasteiger partial charge in [0.15, 0.2) is 5.16 Å². The van der Waals surface area contributed by atoms with Crippen molar-refractivity contribution in [3.05, 3.63) is 45.1 Å². The van der Waals surface area contributed by atoms with Crippen molar-refractivity contribution in [3.8, 4) is 11.4 Å². The molecule has 0 aliphatic heterocycles. The van der Waals surface area contributed by atoms with Crippen molar-refractivity contribution in [3.63, 3.8) is 0 Å². The lowest BCUT2D eigenvalue weighted by molar-refractivity contribution is -0.118. The van der Waals surface area contributed by atoms with Crippen molar-refractivity contribution in [2.45, 2.75) is 19.0 Å². The Balaban J connectivity index is 2.02. The van der Waals surface area contributed by atoms with Crippen molar-refractivity contribution < 1.29 is 14.3 Å². The van der Waals surface area contributed by atoms with Crippen LogP contribution in [0.3, 0.4) is 0 Å². The monoisotopic (exact) mass is 433 g/mol. The Kier molecular flexibility index (Phi) is 6.94. The first-order valence-corrected chi connectivity index (χ1v) is 10.8. The Morgan fingerprint density at radius 2 is 1.97 bits per heavy atom. The average molecular weight is 434 g/mol. The van der Waals surface area contributed by atoms with E-state index < -0.39 is 0 Å². The van der Waals surface area contributed by atoms with Crippen LogP contribution in [0.5, 0.6) is 5.75 Å². The highest BCUT2D eigenvalue weighted by atomic mass is 32.2. The topological polar surface area (TPSA) is 82.5 Å². The van der Waals surface area contributed by atoms with E-state index in [1.165, 1.54) is 23.1 Å². The number of aryl methyl sites for hydroxylation is 2. The molecule has 7 nitrogen and oxygen atoms in total. The van der Waals surface area contributed by atoms with Crippen LogP contribution in [0.15, 0.2) is 34.2 Å². The smallest absolute Gasteiger partial charge is 0.267 e. The fourth-order valence-corrected chi connectivity index (χ4v) is 4.72. The Morgan fingerprint density at radius 1 is 1.24 bits per heavy atom. The van der Waals surface area contributed by atoms with Gasteiger partial charge in [0.1, 0.15) is 10.6 Å². The molecule has 3 aromatic rings. The van der Waals surface area contributed by atoms with E-state index in [2.05, 4.69) is 5.32 Å². The molecule has 0 radical (unpaired) electrons. The second-order valence-electron chi connectivity index (χ2n) is 6.33. The first kappa shape index (κ1) is 21.4. The van der Waals surface area contributed by atoms with Gasteiger partial charge < -0.3 is 14.8 Å². The summed E-state index contributed by atoms with van der Waals surface area (Å²) in [6, 6.07) is 7.21. The molecule has 29 heavy (non-hydrogen) atoms. The molecule has 0 spiro atoms. The largest absolute Gasteiger partial charge is 0.497 e. The first-order chi connectivity index (χ1) is 14.0. The Bertz CT molecular complexity index is 1070. The van der Waals surface area contributed by atoms with Crippen LogP contribution in [0.25, 0.3) is 15.9 Å². The normalized spacial score (nSPS) is 11.0. The van der Waals surface area contributed by atoms with Gasteiger partial charge in [-0.05, 0) is 43.7 Å². The van der Waals surface area contributed by atoms with E-state index >= 15 is 0 Å². The minimum atomic E-state index is -0.138. The minimum Gasteiger partial charge on any atom is -0.497 e. The van der Waals surface area contributed by atoms with Crippen LogP contribution < -0.4 is 15.6 Å².